The first-order chi connectivity index (χ1) is 13.4. The molecule has 156 valence electrons. The summed E-state index contributed by atoms with van der Waals surface area (Å²) in [5, 5.41) is -0.0409. The van der Waals surface area contributed by atoms with Gasteiger partial charge in [-0.15, -0.1) is 0 Å². The Balaban J connectivity index is 2.47. The highest BCUT2D eigenvalue weighted by Crippen LogP contribution is 2.24. The highest BCUT2D eigenvalue weighted by Gasteiger charge is 2.32. The molecular formula is C16H15F3N4O4S2. The molecule has 0 spiro atoms. The maximum atomic E-state index is 12.8. The van der Waals surface area contributed by atoms with Crippen molar-refractivity contribution in [3.05, 3.63) is 41.0 Å². The summed E-state index contributed by atoms with van der Waals surface area (Å²) in [6.45, 7) is -0.550. The van der Waals surface area contributed by atoms with Gasteiger partial charge in [0.1, 0.15) is 12.2 Å². The lowest BCUT2D eigenvalue weighted by molar-refractivity contribution is -0.138. The van der Waals surface area contributed by atoms with Gasteiger partial charge in [-0.25, -0.2) is 13.4 Å². The van der Waals surface area contributed by atoms with E-state index in [0.29, 0.717) is 23.2 Å². The average Bonchev–Trinajstić information content (AvgIpc) is 3.13. The molecule has 0 fully saturated rings. The third kappa shape index (κ3) is 6.09. The molecule has 0 aliphatic heterocycles. The van der Waals surface area contributed by atoms with Gasteiger partial charge in [0.2, 0.25) is 0 Å². The molecule has 2 N–H and O–H groups in total. The number of rotatable bonds is 6. The predicted molar refractivity (Wildman–Crippen MR) is 100 cm³/mol. The predicted octanol–water partition coefficient (Wildman–Crippen LogP) is 1.98. The number of hydrogen-bond donors (Lipinski definition) is 1. The van der Waals surface area contributed by atoms with Crippen molar-refractivity contribution in [1.82, 2.24) is 9.36 Å². The van der Waals surface area contributed by atoms with Crippen LogP contribution in [0.15, 0.2) is 45.9 Å². The van der Waals surface area contributed by atoms with Crippen molar-refractivity contribution in [1.29, 1.82) is 0 Å². The van der Waals surface area contributed by atoms with Crippen molar-refractivity contribution in [3.8, 4) is 11.4 Å². The summed E-state index contributed by atoms with van der Waals surface area (Å²) < 4.78 is 70.2. The summed E-state index contributed by atoms with van der Waals surface area (Å²) in [6, 6.07) is 5.76. The molecule has 0 saturated heterocycles. The van der Waals surface area contributed by atoms with E-state index in [1.54, 1.807) is 6.07 Å². The lowest BCUT2D eigenvalue weighted by Gasteiger charge is -2.06. The number of carbonyl (C=O) groups is 1. The van der Waals surface area contributed by atoms with Gasteiger partial charge in [0, 0.05) is 11.8 Å². The smallest absolute Gasteiger partial charge is 0.430 e. The van der Waals surface area contributed by atoms with E-state index < -0.39 is 34.2 Å². The molecule has 0 unspecified atom stereocenters. The molecule has 2 aromatic rings. The largest absolute Gasteiger partial charge is 0.468 e. The lowest BCUT2D eigenvalue weighted by atomic mass is 10.2. The topological polar surface area (TPSA) is 125 Å². The minimum atomic E-state index is -4.80. The van der Waals surface area contributed by atoms with Crippen LogP contribution in [0.1, 0.15) is 5.01 Å². The van der Waals surface area contributed by atoms with E-state index in [4.69, 9.17) is 5.73 Å². The number of carbonyl (C=O) groups excluding carboxylic acids is 1. The monoisotopic (exact) mass is 448 g/mol. The highest BCUT2D eigenvalue weighted by atomic mass is 32.2. The van der Waals surface area contributed by atoms with Crippen LogP contribution in [0.25, 0.3) is 11.4 Å². The van der Waals surface area contributed by atoms with Crippen molar-refractivity contribution in [2.75, 3.05) is 19.9 Å². The standard InChI is InChI=1S/C16H15F3N4O4S2/c1-27-13(24)8-21-11(7-12(20)16(17,18)19)15-22-14(23-28-15)9-4-3-5-10(6-9)29(2,25)26/h3-7H,8,20H2,1-2H3. The molecule has 1 heterocycles. The molecule has 0 atom stereocenters. The fraction of sp³-hybridized carbons (Fsp3) is 0.250. The Morgan fingerprint density at radius 2 is 2.07 bits per heavy atom. The van der Waals surface area contributed by atoms with E-state index in [1.165, 1.54) is 18.2 Å². The van der Waals surface area contributed by atoms with E-state index in [-0.39, 0.29) is 21.4 Å². The van der Waals surface area contributed by atoms with E-state index in [9.17, 15) is 26.4 Å². The Kier molecular flexibility index (Phi) is 6.74. The fourth-order valence-electron chi connectivity index (χ4n) is 1.93. The number of nitrogens with zero attached hydrogens (tertiary/aromatic N) is 3. The average molecular weight is 448 g/mol. The molecule has 0 bridgehead atoms. The molecule has 2 rings (SSSR count). The van der Waals surface area contributed by atoms with Crippen molar-refractivity contribution in [3.63, 3.8) is 0 Å². The molecule has 0 saturated carbocycles. The SMILES string of the molecule is COC(=O)CN=C(C=C(N)C(F)(F)F)c1nc(-c2cccc(S(C)(=O)=O)c2)ns1. The molecule has 13 heteroatoms. The van der Waals surface area contributed by atoms with E-state index >= 15 is 0 Å². The molecule has 29 heavy (non-hydrogen) atoms. The first kappa shape index (κ1) is 22.5. The number of alkyl halides is 3. The summed E-state index contributed by atoms with van der Waals surface area (Å²) in [7, 11) is -2.37. The van der Waals surface area contributed by atoms with Crippen LogP contribution in [0.3, 0.4) is 0 Å². The second-order valence-electron chi connectivity index (χ2n) is 5.60. The van der Waals surface area contributed by atoms with Crippen molar-refractivity contribution in [2.24, 2.45) is 10.7 Å². The van der Waals surface area contributed by atoms with E-state index in [2.05, 4.69) is 19.1 Å². The van der Waals surface area contributed by atoms with Gasteiger partial charge in [-0.3, -0.25) is 9.79 Å². The minimum Gasteiger partial charge on any atom is -0.468 e. The summed E-state index contributed by atoms with van der Waals surface area (Å²) in [5.41, 5.74) is 3.64. The third-order valence-corrected chi connectivity index (χ3v) is 5.24. The molecule has 0 aliphatic carbocycles. The van der Waals surface area contributed by atoms with Crippen LogP contribution in [0.2, 0.25) is 0 Å². The van der Waals surface area contributed by atoms with Crippen LogP contribution in [-0.4, -0.2) is 55.5 Å². The van der Waals surface area contributed by atoms with Crippen LogP contribution < -0.4 is 5.73 Å². The van der Waals surface area contributed by atoms with Gasteiger partial charge in [-0.1, -0.05) is 12.1 Å². The van der Waals surface area contributed by atoms with Gasteiger partial charge >= 0.3 is 12.1 Å². The normalized spacial score (nSPS) is 13.4. The lowest BCUT2D eigenvalue weighted by Crippen LogP contribution is -2.21. The van der Waals surface area contributed by atoms with Crippen molar-refractivity contribution in [2.45, 2.75) is 11.1 Å². The number of aliphatic imine (C=N–C) groups is 1. The molecule has 8 nitrogen and oxygen atoms in total. The van der Waals surface area contributed by atoms with Crippen LogP contribution >= 0.6 is 11.5 Å². The number of methoxy groups -OCH3 is 1. The molecule has 1 aromatic carbocycles. The number of benzene rings is 1. The number of allylic oxidation sites excluding steroid dienone is 2. The quantitative estimate of drug-likeness (QED) is 0.529. The van der Waals surface area contributed by atoms with Gasteiger partial charge in [-0.2, -0.15) is 17.5 Å². The van der Waals surface area contributed by atoms with Crippen molar-refractivity contribution >= 4 is 33.1 Å². The summed E-state index contributed by atoms with van der Waals surface area (Å²) in [4.78, 5) is 19.2. The number of esters is 1. The van der Waals surface area contributed by atoms with Crippen LogP contribution in [0, 0.1) is 0 Å². The van der Waals surface area contributed by atoms with Crippen LogP contribution in [0.4, 0.5) is 13.2 Å². The zero-order valence-electron chi connectivity index (χ0n) is 15.1. The zero-order chi connectivity index (χ0) is 21.8. The van der Waals surface area contributed by atoms with Gasteiger partial charge < -0.3 is 10.5 Å². The molecule has 0 amide bonds. The van der Waals surface area contributed by atoms with Crippen molar-refractivity contribution < 1.29 is 31.1 Å². The minimum absolute atomic E-state index is 0.0344. The van der Waals surface area contributed by atoms with E-state index in [0.717, 1.165) is 13.4 Å². The van der Waals surface area contributed by atoms with Crippen LogP contribution in [0.5, 0.6) is 0 Å². The first-order valence-electron chi connectivity index (χ1n) is 7.72. The number of halogens is 3. The van der Waals surface area contributed by atoms with E-state index in [1.807, 2.05) is 0 Å². The molecule has 1 aromatic heterocycles. The fourth-order valence-corrected chi connectivity index (χ4v) is 3.26. The molecular weight excluding hydrogens is 433 g/mol. The molecule has 0 aliphatic rings. The number of sulfone groups is 1. The van der Waals surface area contributed by atoms with Crippen LogP contribution in [-0.2, 0) is 19.4 Å². The second kappa shape index (κ2) is 8.69. The maximum absolute atomic E-state index is 12.8. The maximum Gasteiger partial charge on any atom is 0.430 e. The Morgan fingerprint density at radius 1 is 1.38 bits per heavy atom. The highest BCUT2D eigenvalue weighted by molar-refractivity contribution is 7.90. The first-order valence-corrected chi connectivity index (χ1v) is 10.4. The summed E-state index contributed by atoms with van der Waals surface area (Å²) in [5.74, 6) is -0.688. The van der Waals surface area contributed by atoms with Gasteiger partial charge in [-0.05, 0) is 29.7 Å². The molecule has 0 radical (unpaired) electrons. The Labute approximate surface area is 168 Å². The van der Waals surface area contributed by atoms with Gasteiger partial charge in [0.05, 0.1) is 17.7 Å². The second-order valence-corrected chi connectivity index (χ2v) is 8.37. The number of nitrogens with two attached hydrogens (primary N) is 1. The Bertz CT molecular complexity index is 1080. The Hall–Kier alpha value is -2.80. The number of hydrogen-bond acceptors (Lipinski definition) is 9. The number of aromatic nitrogens is 2. The van der Waals surface area contributed by atoms with Gasteiger partial charge in [0.15, 0.2) is 20.7 Å². The summed E-state index contributed by atoms with van der Waals surface area (Å²) in [6.07, 6.45) is -3.22. The van der Waals surface area contributed by atoms with Gasteiger partial charge in [0.25, 0.3) is 0 Å². The Morgan fingerprint density at radius 3 is 2.66 bits per heavy atom. The number of ether oxygens (including phenoxy) is 1. The zero-order valence-corrected chi connectivity index (χ0v) is 16.7. The summed E-state index contributed by atoms with van der Waals surface area (Å²) >= 11 is 0.717. The third-order valence-electron chi connectivity index (χ3n) is 3.39.